The van der Waals surface area contributed by atoms with Gasteiger partial charge in [0.15, 0.2) is 0 Å². The van der Waals surface area contributed by atoms with Crippen LogP contribution in [0, 0.1) is 0 Å². The Morgan fingerprint density at radius 1 is 1.20 bits per heavy atom. The summed E-state index contributed by atoms with van der Waals surface area (Å²) < 4.78 is 8.51. The van der Waals surface area contributed by atoms with Gasteiger partial charge in [0, 0.05) is 10.7 Å². The van der Waals surface area contributed by atoms with E-state index in [1.165, 1.54) is 0 Å². The SMILES string of the molecule is NCCCCc1cn(CCOc2ccc(Br)cc2)nn1. The lowest BCUT2D eigenvalue weighted by Crippen LogP contribution is -2.08. The summed E-state index contributed by atoms with van der Waals surface area (Å²) in [5.41, 5.74) is 6.48. The van der Waals surface area contributed by atoms with E-state index in [0.717, 1.165) is 41.7 Å². The Bertz CT molecular complexity index is 512. The molecule has 0 saturated carbocycles. The van der Waals surface area contributed by atoms with E-state index in [1.54, 1.807) is 0 Å². The lowest BCUT2D eigenvalue weighted by Gasteiger charge is -2.05. The molecule has 1 aromatic heterocycles. The number of benzene rings is 1. The monoisotopic (exact) mass is 338 g/mol. The van der Waals surface area contributed by atoms with Crippen LogP contribution in [0.4, 0.5) is 0 Å². The highest BCUT2D eigenvalue weighted by Gasteiger charge is 2.01. The number of rotatable bonds is 8. The summed E-state index contributed by atoms with van der Waals surface area (Å²) in [4.78, 5) is 0. The summed E-state index contributed by atoms with van der Waals surface area (Å²) in [5, 5.41) is 8.22. The molecule has 1 heterocycles. The van der Waals surface area contributed by atoms with Crippen molar-refractivity contribution in [3.05, 3.63) is 40.6 Å². The fourth-order valence-electron chi connectivity index (χ4n) is 1.80. The van der Waals surface area contributed by atoms with E-state index in [0.29, 0.717) is 13.2 Å². The summed E-state index contributed by atoms with van der Waals surface area (Å²) >= 11 is 3.39. The van der Waals surface area contributed by atoms with Crippen molar-refractivity contribution < 1.29 is 4.74 Å². The van der Waals surface area contributed by atoms with E-state index in [1.807, 2.05) is 35.1 Å². The number of halogens is 1. The van der Waals surface area contributed by atoms with Crippen LogP contribution in [-0.2, 0) is 13.0 Å². The largest absolute Gasteiger partial charge is 0.492 e. The van der Waals surface area contributed by atoms with Crippen molar-refractivity contribution in [1.82, 2.24) is 15.0 Å². The molecular formula is C14H19BrN4O. The topological polar surface area (TPSA) is 66.0 Å². The van der Waals surface area contributed by atoms with Crippen LogP contribution in [-0.4, -0.2) is 28.1 Å². The van der Waals surface area contributed by atoms with Gasteiger partial charge in [-0.2, -0.15) is 0 Å². The molecule has 0 amide bonds. The summed E-state index contributed by atoms with van der Waals surface area (Å²) in [6.45, 7) is 2.00. The highest BCUT2D eigenvalue weighted by atomic mass is 79.9. The van der Waals surface area contributed by atoms with Crippen LogP contribution in [0.2, 0.25) is 0 Å². The molecule has 0 bridgehead atoms. The third-order valence-electron chi connectivity index (χ3n) is 2.88. The molecule has 1 aromatic carbocycles. The molecule has 20 heavy (non-hydrogen) atoms. The summed E-state index contributed by atoms with van der Waals surface area (Å²) in [5.74, 6) is 0.858. The van der Waals surface area contributed by atoms with Gasteiger partial charge < -0.3 is 10.5 Å². The minimum absolute atomic E-state index is 0.577. The minimum atomic E-state index is 0.577. The van der Waals surface area contributed by atoms with Gasteiger partial charge in [0.1, 0.15) is 12.4 Å². The zero-order chi connectivity index (χ0) is 14.2. The molecule has 2 rings (SSSR count). The van der Waals surface area contributed by atoms with Crippen molar-refractivity contribution in [3.63, 3.8) is 0 Å². The summed E-state index contributed by atoms with van der Waals surface area (Å²) in [6.07, 6.45) is 5.00. The first-order valence-electron chi connectivity index (χ1n) is 6.75. The molecule has 0 aliphatic heterocycles. The van der Waals surface area contributed by atoms with Gasteiger partial charge in [-0.1, -0.05) is 21.1 Å². The number of hydrogen-bond donors (Lipinski definition) is 1. The number of hydrogen-bond acceptors (Lipinski definition) is 4. The Hall–Kier alpha value is -1.40. The predicted molar refractivity (Wildman–Crippen MR) is 81.7 cm³/mol. The Labute approximate surface area is 127 Å². The van der Waals surface area contributed by atoms with Crippen molar-refractivity contribution in [3.8, 4) is 5.75 Å². The molecule has 5 nitrogen and oxygen atoms in total. The zero-order valence-corrected chi connectivity index (χ0v) is 12.9. The maximum Gasteiger partial charge on any atom is 0.119 e. The molecule has 0 atom stereocenters. The van der Waals surface area contributed by atoms with Gasteiger partial charge in [0.2, 0.25) is 0 Å². The minimum Gasteiger partial charge on any atom is -0.492 e. The number of ether oxygens (including phenoxy) is 1. The molecule has 0 fully saturated rings. The van der Waals surface area contributed by atoms with Crippen LogP contribution in [0.3, 0.4) is 0 Å². The third kappa shape index (κ3) is 4.94. The van der Waals surface area contributed by atoms with Crippen molar-refractivity contribution in [2.75, 3.05) is 13.2 Å². The first-order chi connectivity index (χ1) is 9.78. The Morgan fingerprint density at radius 2 is 2.00 bits per heavy atom. The molecule has 6 heteroatoms. The fourth-order valence-corrected chi connectivity index (χ4v) is 2.07. The van der Waals surface area contributed by atoms with Gasteiger partial charge >= 0.3 is 0 Å². The quantitative estimate of drug-likeness (QED) is 0.750. The number of nitrogens with two attached hydrogens (primary N) is 1. The van der Waals surface area contributed by atoms with Gasteiger partial charge in [-0.25, -0.2) is 4.68 Å². The molecule has 0 unspecified atom stereocenters. The molecule has 108 valence electrons. The molecule has 0 spiro atoms. The van der Waals surface area contributed by atoms with E-state index in [2.05, 4.69) is 26.2 Å². The Balaban J connectivity index is 1.72. The van der Waals surface area contributed by atoms with E-state index in [-0.39, 0.29) is 0 Å². The maximum absolute atomic E-state index is 5.65. The second-order valence-corrected chi connectivity index (χ2v) is 5.44. The van der Waals surface area contributed by atoms with Crippen molar-refractivity contribution >= 4 is 15.9 Å². The van der Waals surface area contributed by atoms with Gasteiger partial charge in [0.25, 0.3) is 0 Å². The lowest BCUT2D eigenvalue weighted by molar-refractivity contribution is 0.289. The van der Waals surface area contributed by atoms with Crippen LogP contribution < -0.4 is 10.5 Å². The maximum atomic E-state index is 5.65. The number of unbranched alkanes of at least 4 members (excludes halogenated alkanes) is 1. The Morgan fingerprint density at radius 3 is 2.75 bits per heavy atom. The molecule has 0 aliphatic carbocycles. The number of nitrogens with zero attached hydrogens (tertiary/aromatic N) is 3. The zero-order valence-electron chi connectivity index (χ0n) is 11.3. The molecule has 2 aromatic rings. The lowest BCUT2D eigenvalue weighted by atomic mass is 10.2. The molecule has 0 radical (unpaired) electrons. The summed E-state index contributed by atoms with van der Waals surface area (Å²) in [7, 11) is 0. The highest BCUT2D eigenvalue weighted by molar-refractivity contribution is 9.10. The van der Waals surface area contributed by atoms with E-state index in [9.17, 15) is 0 Å². The smallest absolute Gasteiger partial charge is 0.119 e. The van der Waals surface area contributed by atoms with Gasteiger partial charge in [0.05, 0.1) is 12.2 Å². The average molecular weight is 339 g/mol. The van der Waals surface area contributed by atoms with E-state index < -0.39 is 0 Å². The summed E-state index contributed by atoms with van der Waals surface area (Å²) in [6, 6.07) is 7.79. The molecule has 2 N–H and O–H groups in total. The van der Waals surface area contributed by atoms with Crippen LogP contribution in [0.1, 0.15) is 18.5 Å². The molecule has 0 saturated heterocycles. The standard InChI is InChI=1S/C14H19BrN4O/c15-12-4-6-14(7-5-12)20-10-9-19-11-13(17-18-19)3-1-2-8-16/h4-7,11H,1-3,8-10,16H2. The van der Waals surface area contributed by atoms with Crippen LogP contribution >= 0.6 is 15.9 Å². The predicted octanol–water partition coefficient (Wildman–Crippen LogP) is 2.40. The number of aryl methyl sites for hydroxylation is 1. The molecular weight excluding hydrogens is 320 g/mol. The van der Waals surface area contributed by atoms with Crippen molar-refractivity contribution in [2.45, 2.75) is 25.8 Å². The first kappa shape index (κ1) is 15.0. The van der Waals surface area contributed by atoms with E-state index in [4.69, 9.17) is 10.5 Å². The third-order valence-corrected chi connectivity index (χ3v) is 3.40. The highest BCUT2D eigenvalue weighted by Crippen LogP contribution is 2.15. The number of aromatic nitrogens is 3. The van der Waals surface area contributed by atoms with Crippen molar-refractivity contribution in [2.24, 2.45) is 5.73 Å². The van der Waals surface area contributed by atoms with Gasteiger partial charge in [-0.15, -0.1) is 5.10 Å². The van der Waals surface area contributed by atoms with Gasteiger partial charge in [-0.05, 0) is 50.1 Å². The Kier molecular flexibility index (Phi) is 6.01. The second kappa shape index (κ2) is 8.01. The van der Waals surface area contributed by atoms with Crippen LogP contribution in [0.25, 0.3) is 0 Å². The van der Waals surface area contributed by atoms with Crippen molar-refractivity contribution in [1.29, 1.82) is 0 Å². The fraction of sp³-hybridized carbons (Fsp3) is 0.429. The van der Waals surface area contributed by atoms with Gasteiger partial charge in [-0.3, -0.25) is 0 Å². The first-order valence-corrected chi connectivity index (χ1v) is 7.54. The van der Waals surface area contributed by atoms with Crippen LogP contribution in [0.5, 0.6) is 5.75 Å². The van der Waals surface area contributed by atoms with E-state index >= 15 is 0 Å². The average Bonchev–Trinajstić information content (AvgIpc) is 2.89. The normalized spacial score (nSPS) is 10.7. The molecule has 0 aliphatic rings. The second-order valence-electron chi connectivity index (χ2n) is 4.52. The van der Waals surface area contributed by atoms with Crippen LogP contribution in [0.15, 0.2) is 34.9 Å².